The lowest BCUT2D eigenvalue weighted by Gasteiger charge is -2.36. The van der Waals surface area contributed by atoms with Crippen LogP contribution in [0.4, 0.5) is 0 Å². The van der Waals surface area contributed by atoms with E-state index in [2.05, 4.69) is 33.9 Å². The molecule has 0 fully saturated rings. The Labute approximate surface area is 213 Å². The summed E-state index contributed by atoms with van der Waals surface area (Å²) in [5.41, 5.74) is 1.25. The number of sulfonamides is 1. The van der Waals surface area contributed by atoms with Crippen molar-refractivity contribution in [2.75, 3.05) is 18.9 Å². The van der Waals surface area contributed by atoms with Crippen LogP contribution in [-0.2, 0) is 19.2 Å². The van der Waals surface area contributed by atoms with Crippen molar-refractivity contribution in [2.45, 2.75) is 49.8 Å². The molecule has 0 saturated carbocycles. The van der Waals surface area contributed by atoms with Gasteiger partial charge < -0.3 is 4.43 Å². The monoisotopic (exact) mass is 537 g/mol. The molecular formula is C25H32ClNO4S2Si. The Morgan fingerprint density at radius 2 is 1.74 bits per heavy atom. The molecule has 1 atom stereocenters. The topological polar surface area (TPSA) is 63.7 Å². The normalized spacial score (nSPS) is 17.6. The van der Waals surface area contributed by atoms with E-state index in [1.54, 1.807) is 18.2 Å². The van der Waals surface area contributed by atoms with Crippen LogP contribution in [0.1, 0.15) is 32.4 Å². The van der Waals surface area contributed by atoms with Gasteiger partial charge in [0.25, 0.3) is 0 Å². The SMILES string of the molecule is CC(C)(C)[Si](C)(C)OCCSC(=O)C1=CCN(S(=O)(=O)c2ccc(Cl)cc2)[C@@H]1c1ccccc1. The molecule has 1 heterocycles. The van der Waals surface area contributed by atoms with Crippen LogP contribution in [0.2, 0.25) is 23.2 Å². The first-order valence-electron chi connectivity index (χ1n) is 11.2. The maximum absolute atomic E-state index is 13.5. The van der Waals surface area contributed by atoms with Crippen molar-refractivity contribution in [3.8, 4) is 0 Å². The Kier molecular flexibility index (Phi) is 8.53. The van der Waals surface area contributed by atoms with Gasteiger partial charge >= 0.3 is 0 Å². The Bertz CT molecular complexity index is 1140. The van der Waals surface area contributed by atoms with Crippen molar-refractivity contribution in [1.29, 1.82) is 0 Å². The second kappa shape index (κ2) is 10.7. The average Bonchev–Trinajstić information content (AvgIpc) is 3.23. The van der Waals surface area contributed by atoms with Crippen molar-refractivity contribution < 1.29 is 17.6 Å². The highest BCUT2D eigenvalue weighted by Crippen LogP contribution is 2.40. The first-order valence-corrected chi connectivity index (χ1v) is 16.9. The number of carbonyl (C=O) groups is 1. The Morgan fingerprint density at radius 3 is 2.32 bits per heavy atom. The van der Waals surface area contributed by atoms with Gasteiger partial charge in [-0.15, -0.1) is 0 Å². The summed E-state index contributed by atoms with van der Waals surface area (Å²) in [7, 11) is -5.73. The van der Waals surface area contributed by atoms with Gasteiger partial charge in [-0.05, 0) is 48.0 Å². The van der Waals surface area contributed by atoms with Crippen molar-refractivity contribution in [3.63, 3.8) is 0 Å². The molecule has 3 rings (SSSR count). The van der Waals surface area contributed by atoms with E-state index in [9.17, 15) is 13.2 Å². The van der Waals surface area contributed by atoms with Gasteiger partial charge in [0.15, 0.2) is 8.32 Å². The third-order valence-electron chi connectivity index (χ3n) is 6.43. The molecule has 2 aromatic carbocycles. The zero-order valence-corrected chi connectivity index (χ0v) is 23.6. The standard InChI is InChI=1S/C25H32ClNO4S2Si/c1-25(2,3)34(4,5)31-17-18-32-24(28)22-15-16-27(23(22)19-9-7-6-8-10-19)33(29,30)21-13-11-20(26)12-14-21/h6-15,23H,16-18H2,1-5H3/t23-/m1/s1. The second-order valence-electron chi connectivity index (χ2n) is 9.75. The summed E-state index contributed by atoms with van der Waals surface area (Å²) in [5, 5.41) is 0.441. The van der Waals surface area contributed by atoms with Crippen molar-refractivity contribution in [3.05, 3.63) is 76.8 Å². The van der Waals surface area contributed by atoms with Gasteiger partial charge in [-0.25, -0.2) is 8.42 Å². The minimum atomic E-state index is -3.84. The molecule has 0 aromatic heterocycles. The van der Waals surface area contributed by atoms with E-state index in [0.717, 1.165) is 5.56 Å². The highest BCUT2D eigenvalue weighted by Gasteiger charge is 2.41. The molecule has 0 spiro atoms. The minimum Gasteiger partial charge on any atom is -0.416 e. The molecule has 1 aliphatic heterocycles. The predicted octanol–water partition coefficient (Wildman–Crippen LogP) is 6.29. The van der Waals surface area contributed by atoms with Crippen molar-refractivity contribution in [1.82, 2.24) is 4.31 Å². The fourth-order valence-corrected chi connectivity index (χ4v) is 7.01. The summed E-state index contributed by atoms with van der Waals surface area (Å²) in [6.45, 7) is 11.5. The summed E-state index contributed by atoms with van der Waals surface area (Å²) in [4.78, 5) is 13.4. The smallest absolute Gasteiger partial charge is 0.244 e. The van der Waals surface area contributed by atoms with Gasteiger partial charge in [-0.2, -0.15) is 4.31 Å². The maximum atomic E-state index is 13.5. The molecule has 0 unspecified atom stereocenters. The summed E-state index contributed by atoms with van der Waals surface area (Å²) in [6, 6.07) is 14.7. The van der Waals surface area contributed by atoms with Crippen molar-refractivity contribution >= 4 is 46.8 Å². The number of benzene rings is 2. The molecule has 0 N–H and O–H groups in total. The van der Waals surface area contributed by atoms with Gasteiger partial charge in [-0.1, -0.05) is 80.5 Å². The predicted molar refractivity (Wildman–Crippen MR) is 143 cm³/mol. The molecule has 34 heavy (non-hydrogen) atoms. The number of hydrogen-bond acceptors (Lipinski definition) is 5. The van der Waals surface area contributed by atoms with E-state index < -0.39 is 24.4 Å². The van der Waals surface area contributed by atoms with Gasteiger partial charge in [-0.3, -0.25) is 4.79 Å². The summed E-state index contributed by atoms with van der Waals surface area (Å²) in [6.07, 6.45) is 1.73. The van der Waals surface area contributed by atoms with Crippen LogP contribution in [0.3, 0.4) is 0 Å². The highest BCUT2D eigenvalue weighted by molar-refractivity contribution is 8.14. The largest absolute Gasteiger partial charge is 0.416 e. The number of halogens is 1. The molecule has 0 saturated heterocycles. The molecular weight excluding hydrogens is 506 g/mol. The first kappa shape index (κ1) is 27.2. The van der Waals surface area contributed by atoms with E-state index in [0.29, 0.717) is 23.0 Å². The lowest BCUT2D eigenvalue weighted by atomic mass is 10.0. The average molecular weight is 538 g/mol. The Balaban J connectivity index is 1.78. The lowest BCUT2D eigenvalue weighted by molar-refractivity contribution is -0.108. The van der Waals surface area contributed by atoms with E-state index in [4.69, 9.17) is 16.0 Å². The third kappa shape index (κ3) is 6.03. The van der Waals surface area contributed by atoms with Crippen LogP contribution in [-0.4, -0.2) is 45.1 Å². The highest BCUT2D eigenvalue weighted by atomic mass is 35.5. The summed E-state index contributed by atoms with van der Waals surface area (Å²) < 4.78 is 34.5. The van der Waals surface area contributed by atoms with Crippen LogP contribution in [0.25, 0.3) is 0 Å². The molecule has 0 aliphatic carbocycles. The summed E-state index contributed by atoms with van der Waals surface area (Å²) >= 11 is 7.14. The Morgan fingerprint density at radius 1 is 1.12 bits per heavy atom. The zero-order chi connectivity index (χ0) is 25.1. The van der Waals surface area contributed by atoms with E-state index >= 15 is 0 Å². The molecule has 0 bridgehead atoms. The molecule has 1 aliphatic rings. The van der Waals surface area contributed by atoms with Crippen LogP contribution in [0.15, 0.2) is 71.1 Å². The van der Waals surface area contributed by atoms with Crippen LogP contribution >= 0.6 is 23.4 Å². The molecule has 0 radical (unpaired) electrons. The fourth-order valence-electron chi connectivity index (χ4n) is 3.45. The first-order chi connectivity index (χ1) is 15.8. The van der Waals surface area contributed by atoms with Crippen LogP contribution in [0, 0.1) is 0 Å². The van der Waals surface area contributed by atoms with Crippen LogP contribution < -0.4 is 0 Å². The molecule has 5 nitrogen and oxygen atoms in total. The van der Waals surface area contributed by atoms with E-state index in [-0.39, 0.29) is 21.6 Å². The van der Waals surface area contributed by atoms with Crippen LogP contribution in [0.5, 0.6) is 0 Å². The number of rotatable bonds is 8. The Hall–Kier alpha value is -1.42. The molecule has 184 valence electrons. The van der Waals surface area contributed by atoms with Gasteiger partial charge in [0.2, 0.25) is 15.1 Å². The van der Waals surface area contributed by atoms with Gasteiger partial charge in [0.05, 0.1) is 10.9 Å². The number of nitrogens with zero attached hydrogens (tertiary/aromatic N) is 1. The molecule has 2 aromatic rings. The lowest BCUT2D eigenvalue weighted by Crippen LogP contribution is -2.41. The number of hydrogen-bond donors (Lipinski definition) is 0. The van der Waals surface area contributed by atoms with Gasteiger partial charge in [0.1, 0.15) is 0 Å². The second-order valence-corrected chi connectivity index (χ2v) is 18.0. The maximum Gasteiger partial charge on any atom is 0.244 e. The third-order valence-corrected chi connectivity index (χ3v) is 13.9. The minimum absolute atomic E-state index is 0.102. The fraction of sp³-hybridized carbons (Fsp3) is 0.400. The summed E-state index contributed by atoms with van der Waals surface area (Å²) in [5.74, 6) is 0.522. The van der Waals surface area contributed by atoms with Gasteiger partial charge in [0, 0.05) is 29.5 Å². The van der Waals surface area contributed by atoms with E-state index in [1.807, 2.05) is 30.3 Å². The molecule has 9 heteroatoms. The number of thioether (sulfide) groups is 1. The number of carbonyl (C=O) groups excluding carboxylic acids is 1. The quantitative estimate of drug-likeness (QED) is 0.292. The zero-order valence-electron chi connectivity index (χ0n) is 20.2. The van der Waals surface area contributed by atoms with E-state index in [1.165, 1.54) is 28.2 Å². The van der Waals surface area contributed by atoms with Crippen molar-refractivity contribution in [2.24, 2.45) is 0 Å². The molecule has 0 amide bonds.